The molecule has 1 aliphatic heterocycles. The zero-order chi connectivity index (χ0) is 13.2. The molecule has 7 heteroatoms. The largest absolute Gasteiger partial charge is 0.321 e. The normalized spacial score (nSPS) is 21.1. The molecule has 0 saturated carbocycles. The average molecular weight is 270 g/mol. The van der Waals surface area contributed by atoms with Gasteiger partial charge in [0, 0.05) is 19.3 Å². The average Bonchev–Trinajstić information content (AvgIpc) is 2.88. The Balaban J connectivity index is 2.31. The highest BCUT2D eigenvalue weighted by Gasteiger charge is 2.33. The summed E-state index contributed by atoms with van der Waals surface area (Å²) in [5.41, 5.74) is 2.71. The van der Waals surface area contributed by atoms with Gasteiger partial charge in [0.2, 0.25) is 0 Å². The topological polar surface area (TPSA) is 88.3 Å². The Labute approximate surface area is 107 Å². The van der Waals surface area contributed by atoms with Crippen LogP contribution in [0.5, 0.6) is 0 Å². The molecule has 0 spiro atoms. The molecule has 1 fully saturated rings. The second kappa shape index (κ2) is 5.21. The summed E-state index contributed by atoms with van der Waals surface area (Å²) in [6.07, 6.45) is 3.37. The fraction of sp³-hybridized carbons (Fsp3) is 0.545. The summed E-state index contributed by atoms with van der Waals surface area (Å²) in [5.74, 6) is 5.77. The van der Waals surface area contributed by atoms with E-state index in [4.69, 9.17) is 5.84 Å². The van der Waals surface area contributed by atoms with Gasteiger partial charge in [-0.25, -0.2) is 13.4 Å². The molecule has 2 rings (SSSR count). The second-order valence-corrected chi connectivity index (χ2v) is 6.28. The van der Waals surface area contributed by atoms with Gasteiger partial charge in [-0.05, 0) is 24.5 Å². The van der Waals surface area contributed by atoms with Gasteiger partial charge in [-0.3, -0.25) is 5.84 Å². The van der Waals surface area contributed by atoms with Gasteiger partial charge in [0.1, 0.15) is 0 Å². The van der Waals surface area contributed by atoms with E-state index >= 15 is 0 Å². The summed E-state index contributed by atoms with van der Waals surface area (Å²) < 4.78 is 26.4. The van der Waals surface area contributed by atoms with E-state index in [0.717, 1.165) is 12.8 Å². The number of sulfonamides is 1. The molecular weight excluding hydrogens is 252 g/mol. The third kappa shape index (κ3) is 2.33. The van der Waals surface area contributed by atoms with Crippen molar-refractivity contribution >= 4 is 15.7 Å². The van der Waals surface area contributed by atoms with Crippen LogP contribution in [-0.2, 0) is 10.0 Å². The lowest BCUT2D eigenvalue weighted by Crippen LogP contribution is -2.30. The minimum absolute atomic E-state index is 0.00394. The number of hydrogen-bond acceptors (Lipinski definition) is 5. The number of anilines is 1. The molecule has 0 radical (unpaired) electrons. The lowest BCUT2D eigenvalue weighted by Gasteiger charge is -2.17. The van der Waals surface area contributed by atoms with Crippen LogP contribution in [0.2, 0.25) is 0 Å². The monoisotopic (exact) mass is 270 g/mol. The van der Waals surface area contributed by atoms with Gasteiger partial charge in [-0.2, -0.15) is 4.31 Å². The summed E-state index contributed by atoms with van der Waals surface area (Å²) in [5, 5.41) is 0.00394. The Morgan fingerprint density at radius 3 is 3.00 bits per heavy atom. The summed E-state index contributed by atoms with van der Waals surface area (Å²) in [7, 11) is -3.54. The van der Waals surface area contributed by atoms with Crippen LogP contribution in [-0.4, -0.2) is 30.8 Å². The van der Waals surface area contributed by atoms with Crippen molar-refractivity contribution in [2.24, 2.45) is 11.8 Å². The Morgan fingerprint density at radius 1 is 1.61 bits per heavy atom. The van der Waals surface area contributed by atoms with Crippen molar-refractivity contribution in [1.82, 2.24) is 9.29 Å². The van der Waals surface area contributed by atoms with Crippen LogP contribution < -0.4 is 11.3 Å². The first-order chi connectivity index (χ1) is 8.59. The smallest absolute Gasteiger partial charge is 0.262 e. The zero-order valence-electron chi connectivity index (χ0n) is 10.3. The predicted molar refractivity (Wildman–Crippen MR) is 69.2 cm³/mol. The fourth-order valence-electron chi connectivity index (χ4n) is 2.18. The van der Waals surface area contributed by atoms with Crippen LogP contribution in [0.25, 0.3) is 0 Å². The highest BCUT2D eigenvalue weighted by atomic mass is 32.2. The molecule has 0 aromatic carbocycles. The maximum Gasteiger partial charge on any atom is 0.262 e. The number of nitrogens with two attached hydrogens (primary N) is 1. The Bertz CT molecular complexity index is 518. The predicted octanol–water partition coefficient (Wildman–Crippen LogP) is 0.788. The SMILES string of the molecule is CCC1CCN(S(=O)(=O)c2ncccc2NN)C1. The molecule has 0 amide bonds. The molecule has 1 aromatic heterocycles. The van der Waals surface area contributed by atoms with E-state index in [9.17, 15) is 8.42 Å². The Morgan fingerprint density at radius 2 is 2.39 bits per heavy atom. The quantitative estimate of drug-likeness (QED) is 0.623. The highest BCUT2D eigenvalue weighted by Crippen LogP contribution is 2.27. The first-order valence-corrected chi connectivity index (χ1v) is 7.45. The van der Waals surface area contributed by atoms with Gasteiger partial charge in [-0.1, -0.05) is 13.3 Å². The minimum atomic E-state index is -3.54. The molecule has 3 N–H and O–H groups in total. The van der Waals surface area contributed by atoms with E-state index in [1.807, 2.05) is 0 Å². The van der Waals surface area contributed by atoms with Gasteiger partial charge in [0.25, 0.3) is 10.0 Å². The summed E-state index contributed by atoms with van der Waals surface area (Å²) in [6, 6.07) is 3.25. The lowest BCUT2D eigenvalue weighted by molar-refractivity contribution is 0.451. The van der Waals surface area contributed by atoms with Crippen molar-refractivity contribution in [1.29, 1.82) is 0 Å². The van der Waals surface area contributed by atoms with E-state index in [1.54, 1.807) is 12.1 Å². The van der Waals surface area contributed by atoms with Gasteiger partial charge < -0.3 is 5.43 Å². The van der Waals surface area contributed by atoms with Crippen molar-refractivity contribution in [3.8, 4) is 0 Å². The van der Waals surface area contributed by atoms with Crippen LogP contribution in [0.3, 0.4) is 0 Å². The molecule has 1 unspecified atom stereocenters. The molecule has 1 aromatic rings. The van der Waals surface area contributed by atoms with E-state index in [2.05, 4.69) is 17.3 Å². The van der Waals surface area contributed by atoms with Crippen LogP contribution >= 0.6 is 0 Å². The van der Waals surface area contributed by atoms with Crippen molar-refractivity contribution in [3.05, 3.63) is 18.3 Å². The van der Waals surface area contributed by atoms with E-state index in [-0.39, 0.29) is 5.03 Å². The maximum absolute atomic E-state index is 12.4. The van der Waals surface area contributed by atoms with Crippen LogP contribution in [0.15, 0.2) is 23.4 Å². The standard InChI is InChI=1S/C11H18N4O2S/c1-2-9-5-7-15(8-9)18(16,17)11-10(14-12)4-3-6-13-11/h3-4,6,9,14H,2,5,7-8,12H2,1H3. The van der Waals surface area contributed by atoms with E-state index in [1.165, 1.54) is 10.5 Å². The fourth-order valence-corrected chi connectivity index (χ4v) is 3.77. The molecule has 0 aliphatic carbocycles. The Hall–Kier alpha value is -1.18. The maximum atomic E-state index is 12.4. The number of aromatic nitrogens is 1. The third-order valence-corrected chi connectivity index (χ3v) is 5.16. The number of pyridine rings is 1. The number of rotatable bonds is 4. The molecule has 6 nitrogen and oxygen atoms in total. The van der Waals surface area contributed by atoms with Crippen molar-refractivity contribution in [3.63, 3.8) is 0 Å². The van der Waals surface area contributed by atoms with Gasteiger partial charge >= 0.3 is 0 Å². The molecule has 18 heavy (non-hydrogen) atoms. The minimum Gasteiger partial charge on any atom is -0.321 e. The van der Waals surface area contributed by atoms with Gasteiger partial charge in [-0.15, -0.1) is 0 Å². The molecule has 1 aliphatic rings. The van der Waals surface area contributed by atoms with Crippen molar-refractivity contribution in [2.45, 2.75) is 24.8 Å². The van der Waals surface area contributed by atoms with E-state index < -0.39 is 10.0 Å². The molecule has 1 atom stereocenters. The van der Waals surface area contributed by atoms with Crippen molar-refractivity contribution < 1.29 is 8.42 Å². The molecule has 0 bridgehead atoms. The van der Waals surface area contributed by atoms with Crippen LogP contribution in [0.1, 0.15) is 19.8 Å². The molecule has 1 saturated heterocycles. The van der Waals surface area contributed by atoms with Gasteiger partial charge in [0.05, 0.1) is 5.69 Å². The number of hydrazine groups is 1. The number of hydrogen-bond donors (Lipinski definition) is 2. The van der Waals surface area contributed by atoms with Crippen LogP contribution in [0, 0.1) is 5.92 Å². The second-order valence-electron chi connectivity index (χ2n) is 4.43. The van der Waals surface area contributed by atoms with E-state index in [0.29, 0.717) is 24.7 Å². The summed E-state index contributed by atoms with van der Waals surface area (Å²) >= 11 is 0. The third-order valence-electron chi connectivity index (χ3n) is 3.34. The number of nitrogen functional groups attached to an aromatic ring is 1. The van der Waals surface area contributed by atoms with Crippen molar-refractivity contribution in [2.75, 3.05) is 18.5 Å². The molecule has 2 heterocycles. The Kier molecular flexibility index (Phi) is 3.84. The molecule has 100 valence electrons. The number of nitrogens with one attached hydrogen (secondary N) is 1. The van der Waals surface area contributed by atoms with Crippen LogP contribution in [0.4, 0.5) is 5.69 Å². The summed E-state index contributed by atoms with van der Waals surface area (Å²) in [4.78, 5) is 3.94. The molecular formula is C11H18N4O2S. The number of nitrogens with zero attached hydrogens (tertiary/aromatic N) is 2. The lowest BCUT2D eigenvalue weighted by atomic mass is 10.1. The summed E-state index contributed by atoms with van der Waals surface area (Å²) in [6.45, 7) is 3.20. The first-order valence-electron chi connectivity index (χ1n) is 6.01. The first kappa shape index (κ1) is 13.3. The zero-order valence-corrected chi connectivity index (χ0v) is 11.2. The van der Waals surface area contributed by atoms with Gasteiger partial charge in [0.15, 0.2) is 5.03 Å². The highest BCUT2D eigenvalue weighted by molar-refractivity contribution is 7.89.